The molecular formula is C11H15NO4S. The lowest BCUT2D eigenvalue weighted by Crippen LogP contribution is -1.99. The Labute approximate surface area is 104 Å². The minimum absolute atomic E-state index is 0.0355. The average molecular weight is 257 g/mol. The lowest BCUT2D eigenvalue weighted by Gasteiger charge is -2.10. The van der Waals surface area contributed by atoms with Gasteiger partial charge in [0.2, 0.25) is 0 Å². The van der Waals surface area contributed by atoms with Crippen LogP contribution < -0.4 is 4.74 Å². The fourth-order valence-electron chi connectivity index (χ4n) is 1.36. The summed E-state index contributed by atoms with van der Waals surface area (Å²) < 4.78 is 4.98. The predicted molar refractivity (Wildman–Crippen MR) is 66.7 cm³/mol. The van der Waals surface area contributed by atoms with E-state index in [0.29, 0.717) is 6.42 Å². The number of nitro groups is 1. The molecule has 0 heterocycles. The highest BCUT2D eigenvalue weighted by molar-refractivity contribution is 7.99. The lowest BCUT2D eigenvalue weighted by atomic mass is 10.3. The summed E-state index contributed by atoms with van der Waals surface area (Å²) in [5, 5.41) is 19.8. The van der Waals surface area contributed by atoms with Crippen molar-refractivity contribution in [3.8, 4) is 5.75 Å². The van der Waals surface area contributed by atoms with Crippen molar-refractivity contribution in [1.29, 1.82) is 0 Å². The van der Waals surface area contributed by atoms with Crippen LogP contribution in [0.25, 0.3) is 0 Å². The van der Waals surface area contributed by atoms with Gasteiger partial charge in [-0.1, -0.05) is 6.92 Å². The molecule has 94 valence electrons. The third kappa shape index (κ3) is 3.90. The molecule has 0 radical (unpaired) electrons. The smallest absolute Gasteiger partial charge is 0.310 e. The quantitative estimate of drug-likeness (QED) is 0.481. The van der Waals surface area contributed by atoms with Crippen LogP contribution in [0.1, 0.15) is 13.3 Å². The van der Waals surface area contributed by atoms with Gasteiger partial charge in [0.15, 0.2) is 5.75 Å². The van der Waals surface area contributed by atoms with Crippen LogP contribution in [-0.2, 0) is 0 Å². The molecule has 0 aliphatic carbocycles. The Morgan fingerprint density at radius 3 is 2.82 bits per heavy atom. The number of methoxy groups -OCH3 is 1. The van der Waals surface area contributed by atoms with Gasteiger partial charge in [-0.15, -0.1) is 11.8 Å². The molecule has 0 amide bonds. The fourth-order valence-corrected chi connectivity index (χ4v) is 2.36. The molecule has 0 saturated heterocycles. The van der Waals surface area contributed by atoms with E-state index in [0.717, 1.165) is 4.90 Å². The van der Waals surface area contributed by atoms with Crippen LogP contribution in [-0.4, -0.2) is 29.0 Å². The van der Waals surface area contributed by atoms with E-state index >= 15 is 0 Å². The van der Waals surface area contributed by atoms with Gasteiger partial charge in [0.25, 0.3) is 0 Å². The molecule has 1 aromatic carbocycles. The Morgan fingerprint density at radius 2 is 2.29 bits per heavy atom. The van der Waals surface area contributed by atoms with Crippen LogP contribution in [0.5, 0.6) is 5.75 Å². The Bertz CT molecular complexity index is 397. The van der Waals surface area contributed by atoms with Gasteiger partial charge in [-0.25, -0.2) is 0 Å². The first-order valence-corrected chi connectivity index (χ1v) is 6.06. The molecule has 1 N–H and O–H groups in total. The van der Waals surface area contributed by atoms with Crippen LogP contribution in [0.4, 0.5) is 5.69 Å². The van der Waals surface area contributed by atoms with Crippen molar-refractivity contribution in [2.24, 2.45) is 0 Å². The van der Waals surface area contributed by atoms with E-state index in [1.807, 2.05) is 6.92 Å². The van der Waals surface area contributed by atoms with E-state index in [2.05, 4.69) is 0 Å². The summed E-state index contributed by atoms with van der Waals surface area (Å²) >= 11 is 1.56. The highest BCUT2D eigenvalue weighted by Crippen LogP contribution is 2.33. The Kier molecular flexibility index (Phi) is 5.24. The Hall–Kier alpha value is -1.27. The van der Waals surface area contributed by atoms with Crippen molar-refractivity contribution in [3.63, 3.8) is 0 Å². The molecule has 0 aromatic heterocycles. The maximum absolute atomic E-state index is 10.7. The molecule has 17 heavy (non-hydrogen) atoms. The van der Waals surface area contributed by atoms with Crippen LogP contribution in [0.15, 0.2) is 23.1 Å². The van der Waals surface area contributed by atoms with Crippen molar-refractivity contribution < 1.29 is 14.8 Å². The summed E-state index contributed by atoms with van der Waals surface area (Å²) in [7, 11) is 1.41. The first kappa shape index (κ1) is 13.8. The third-order valence-electron chi connectivity index (χ3n) is 2.22. The topological polar surface area (TPSA) is 72.6 Å². The summed E-state index contributed by atoms with van der Waals surface area (Å²) in [6, 6.07) is 4.78. The zero-order chi connectivity index (χ0) is 12.8. The number of nitro benzene ring substituents is 1. The van der Waals surface area contributed by atoms with Crippen LogP contribution >= 0.6 is 11.8 Å². The number of nitrogens with zero attached hydrogens (tertiary/aromatic N) is 1. The molecule has 1 aromatic rings. The maximum Gasteiger partial charge on any atom is 0.310 e. The van der Waals surface area contributed by atoms with Crippen molar-refractivity contribution in [2.45, 2.75) is 23.5 Å². The molecule has 0 aliphatic rings. The van der Waals surface area contributed by atoms with Gasteiger partial charge in [0.1, 0.15) is 0 Å². The second-order valence-electron chi connectivity index (χ2n) is 3.53. The largest absolute Gasteiger partial charge is 0.490 e. The summed E-state index contributed by atoms with van der Waals surface area (Å²) in [5.74, 6) is 0.260. The Balaban J connectivity index is 2.86. The van der Waals surface area contributed by atoms with E-state index in [4.69, 9.17) is 9.84 Å². The van der Waals surface area contributed by atoms with Gasteiger partial charge in [-0.3, -0.25) is 10.1 Å². The SMILES string of the molecule is COc1cc(SC(C)CCO)ccc1[N+](=O)[O-]. The maximum atomic E-state index is 10.7. The third-order valence-corrected chi connectivity index (χ3v) is 3.38. The summed E-state index contributed by atoms with van der Waals surface area (Å²) in [6.45, 7) is 2.13. The monoisotopic (exact) mass is 257 g/mol. The zero-order valence-corrected chi connectivity index (χ0v) is 10.6. The highest BCUT2D eigenvalue weighted by Gasteiger charge is 2.15. The minimum atomic E-state index is -0.468. The number of thioether (sulfide) groups is 1. The minimum Gasteiger partial charge on any atom is -0.490 e. The van der Waals surface area contributed by atoms with Crippen molar-refractivity contribution in [2.75, 3.05) is 13.7 Å². The molecule has 0 fully saturated rings. The van der Waals surface area contributed by atoms with Crippen molar-refractivity contribution >= 4 is 17.4 Å². The van der Waals surface area contributed by atoms with Gasteiger partial charge >= 0.3 is 5.69 Å². The summed E-state index contributed by atoms with van der Waals surface area (Å²) in [5.41, 5.74) is -0.0355. The molecule has 1 unspecified atom stereocenters. The molecule has 0 spiro atoms. The second-order valence-corrected chi connectivity index (χ2v) is 5.04. The molecule has 0 bridgehead atoms. The molecule has 5 nitrogen and oxygen atoms in total. The Morgan fingerprint density at radius 1 is 1.59 bits per heavy atom. The molecule has 0 aliphatic heterocycles. The summed E-state index contributed by atoms with van der Waals surface area (Å²) in [4.78, 5) is 11.1. The van der Waals surface area contributed by atoms with Gasteiger partial charge in [0, 0.05) is 28.9 Å². The van der Waals surface area contributed by atoms with Gasteiger partial charge in [-0.2, -0.15) is 0 Å². The number of hydrogen-bond donors (Lipinski definition) is 1. The molecular weight excluding hydrogens is 242 g/mol. The van der Waals surface area contributed by atoms with Gasteiger partial charge in [-0.05, 0) is 12.5 Å². The lowest BCUT2D eigenvalue weighted by molar-refractivity contribution is -0.385. The molecule has 1 rings (SSSR count). The van der Waals surface area contributed by atoms with E-state index in [1.165, 1.54) is 13.2 Å². The zero-order valence-electron chi connectivity index (χ0n) is 9.75. The van der Waals surface area contributed by atoms with Gasteiger partial charge < -0.3 is 9.84 Å². The number of rotatable bonds is 6. The highest BCUT2D eigenvalue weighted by atomic mass is 32.2. The second kappa shape index (κ2) is 6.46. The number of hydrogen-bond acceptors (Lipinski definition) is 5. The molecule has 6 heteroatoms. The van der Waals surface area contributed by atoms with Crippen molar-refractivity contribution in [3.05, 3.63) is 28.3 Å². The van der Waals surface area contributed by atoms with E-state index in [9.17, 15) is 10.1 Å². The fraction of sp³-hybridized carbons (Fsp3) is 0.455. The summed E-state index contributed by atoms with van der Waals surface area (Å²) in [6.07, 6.45) is 0.684. The van der Waals surface area contributed by atoms with Crippen LogP contribution in [0, 0.1) is 10.1 Å². The predicted octanol–water partition coefficient (Wildman–Crippen LogP) is 2.47. The van der Waals surface area contributed by atoms with Gasteiger partial charge in [0.05, 0.1) is 12.0 Å². The molecule has 0 saturated carbocycles. The van der Waals surface area contributed by atoms with Crippen LogP contribution in [0.3, 0.4) is 0 Å². The first-order valence-electron chi connectivity index (χ1n) is 5.18. The number of aliphatic hydroxyl groups excluding tert-OH is 1. The van der Waals surface area contributed by atoms with E-state index in [1.54, 1.807) is 23.9 Å². The normalized spacial score (nSPS) is 12.2. The average Bonchev–Trinajstić information content (AvgIpc) is 2.28. The number of benzene rings is 1. The van der Waals surface area contributed by atoms with Crippen molar-refractivity contribution in [1.82, 2.24) is 0 Å². The first-order chi connectivity index (χ1) is 8.08. The molecule has 1 atom stereocenters. The van der Waals surface area contributed by atoms with E-state index < -0.39 is 4.92 Å². The number of ether oxygens (including phenoxy) is 1. The van der Waals surface area contributed by atoms with Crippen LogP contribution in [0.2, 0.25) is 0 Å². The standard InChI is InChI=1S/C11H15NO4S/c1-8(5-6-13)17-9-3-4-10(12(14)15)11(7-9)16-2/h3-4,7-8,13H,5-6H2,1-2H3. The number of aliphatic hydroxyl groups is 1. The van der Waals surface area contributed by atoms with E-state index in [-0.39, 0.29) is 23.3 Å².